The quantitative estimate of drug-likeness (QED) is 0.811. The van der Waals surface area contributed by atoms with Gasteiger partial charge in [0.2, 0.25) is 0 Å². The predicted molar refractivity (Wildman–Crippen MR) is 62.3 cm³/mol. The molecule has 1 unspecified atom stereocenters. The number of amides is 1. The number of ether oxygens (including phenoxy) is 1. The summed E-state index contributed by atoms with van der Waals surface area (Å²) in [5.74, 6) is -2.55. The summed E-state index contributed by atoms with van der Waals surface area (Å²) >= 11 is 0. The van der Waals surface area contributed by atoms with E-state index in [2.05, 4.69) is 0 Å². The van der Waals surface area contributed by atoms with Crippen molar-refractivity contribution in [1.29, 1.82) is 0 Å². The van der Waals surface area contributed by atoms with Crippen LogP contribution in [0.1, 0.15) is 23.7 Å². The fourth-order valence-corrected chi connectivity index (χ4v) is 2.08. The molecular weight excluding hydrogens is 240 g/mol. The maximum absolute atomic E-state index is 13.6. The lowest BCUT2D eigenvalue weighted by Crippen LogP contribution is -2.48. The second-order valence-electron chi connectivity index (χ2n) is 4.24. The molecule has 2 rings (SSSR count). The number of hydrogen-bond acceptors (Lipinski definition) is 2. The Morgan fingerprint density at radius 1 is 1.50 bits per heavy atom. The topological polar surface area (TPSA) is 29.5 Å². The van der Waals surface area contributed by atoms with Crippen molar-refractivity contribution in [3.63, 3.8) is 0 Å². The van der Waals surface area contributed by atoms with Crippen molar-refractivity contribution in [2.24, 2.45) is 0 Å². The zero-order valence-corrected chi connectivity index (χ0v) is 10.2. The van der Waals surface area contributed by atoms with Crippen molar-refractivity contribution in [3.8, 4) is 0 Å². The minimum absolute atomic E-state index is 0.0751. The molecule has 0 N–H and O–H groups in total. The van der Waals surface area contributed by atoms with Crippen LogP contribution in [0.3, 0.4) is 0 Å². The largest absolute Gasteiger partial charge is 0.377 e. The van der Waals surface area contributed by atoms with Crippen molar-refractivity contribution in [2.45, 2.75) is 19.4 Å². The molecule has 18 heavy (non-hydrogen) atoms. The summed E-state index contributed by atoms with van der Waals surface area (Å²) in [7, 11) is 0. The molecule has 1 fully saturated rings. The highest BCUT2D eigenvalue weighted by Gasteiger charge is 2.28. The minimum atomic E-state index is -1.08. The molecule has 1 aromatic rings. The lowest BCUT2D eigenvalue weighted by Gasteiger charge is -2.35. The Bertz CT molecular complexity index is 451. The number of rotatable bonds is 2. The van der Waals surface area contributed by atoms with Crippen LogP contribution in [0.5, 0.6) is 0 Å². The average Bonchev–Trinajstić information content (AvgIpc) is 2.41. The molecule has 1 aliphatic rings. The van der Waals surface area contributed by atoms with Gasteiger partial charge in [-0.2, -0.15) is 0 Å². The lowest BCUT2D eigenvalue weighted by atomic mass is 10.1. The number of carbonyl (C=O) groups is 1. The molecule has 0 bridgehead atoms. The number of halogens is 2. The summed E-state index contributed by atoms with van der Waals surface area (Å²) < 4.78 is 32.0. The summed E-state index contributed by atoms with van der Waals surface area (Å²) in [5.41, 5.74) is -0.213. The van der Waals surface area contributed by atoms with Gasteiger partial charge < -0.3 is 9.64 Å². The summed E-state index contributed by atoms with van der Waals surface area (Å²) in [6.07, 6.45) is 0.725. The van der Waals surface area contributed by atoms with Crippen LogP contribution in [0.2, 0.25) is 0 Å². The normalized spacial score (nSPS) is 19.9. The van der Waals surface area contributed by atoms with E-state index in [1.165, 1.54) is 12.1 Å². The third kappa shape index (κ3) is 2.36. The smallest absolute Gasteiger partial charge is 0.257 e. The molecule has 1 amide bonds. The zero-order chi connectivity index (χ0) is 13.1. The van der Waals surface area contributed by atoms with Crippen LogP contribution >= 0.6 is 0 Å². The van der Waals surface area contributed by atoms with E-state index >= 15 is 0 Å². The maximum Gasteiger partial charge on any atom is 0.257 e. The third-order valence-corrected chi connectivity index (χ3v) is 3.14. The third-order valence-electron chi connectivity index (χ3n) is 3.14. The molecule has 1 saturated heterocycles. The second-order valence-corrected chi connectivity index (χ2v) is 4.24. The Labute approximate surface area is 104 Å². The average molecular weight is 255 g/mol. The van der Waals surface area contributed by atoms with Crippen molar-refractivity contribution in [1.82, 2.24) is 4.90 Å². The highest BCUT2D eigenvalue weighted by Crippen LogP contribution is 2.18. The Balaban J connectivity index is 2.27. The van der Waals surface area contributed by atoms with E-state index < -0.39 is 17.5 Å². The SMILES string of the molecule is CCC1COCCN1C(=O)c1cccc(F)c1F. The van der Waals surface area contributed by atoms with Crippen molar-refractivity contribution in [3.05, 3.63) is 35.4 Å². The molecule has 0 radical (unpaired) electrons. The van der Waals surface area contributed by atoms with Crippen LogP contribution in [0.15, 0.2) is 18.2 Å². The molecule has 1 heterocycles. The van der Waals surface area contributed by atoms with Gasteiger partial charge in [0, 0.05) is 6.54 Å². The summed E-state index contributed by atoms with van der Waals surface area (Å²) in [5, 5.41) is 0. The number of carbonyl (C=O) groups excluding carboxylic acids is 1. The van der Waals surface area contributed by atoms with Crippen LogP contribution in [0.25, 0.3) is 0 Å². The van der Waals surface area contributed by atoms with E-state index in [0.717, 1.165) is 12.5 Å². The van der Waals surface area contributed by atoms with E-state index in [0.29, 0.717) is 19.8 Å². The Hall–Kier alpha value is -1.49. The summed E-state index contributed by atoms with van der Waals surface area (Å²) in [4.78, 5) is 13.8. The van der Waals surface area contributed by atoms with Gasteiger partial charge in [0.15, 0.2) is 11.6 Å². The minimum Gasteiger partial charge on any atom is -0.377 e. The second kappa shape index (κ2) is 5.44. The predicted octanol–water partition coefficient (Wildman–Crippen LogP) is 2.22. The number of hydrogen-bond donors (Lipinski definition) is 0. The number of morpholine rings is 1. The molecule has 1 atom stereocenters. The van der Waals surface area contributed by atoms with E-state index in [9.17, 15) is 13.6 Å². The molecule has 1 aromatic carbocycles. The van der Waals surface area contributed by atoms with Gasteiger partial charge in [0.1, 0.15) is 0 Å². The van der Waals surface area contributed by atoms with Crippen molar-refractivity contribution in [2.75, 3.05) is 19.8 Å². The van der Waals surface area contributed by atoms with Gasteiger partial charge in [-0.1, -0.05) is 13.0 Å². The number of nitrogens with zero attached hydrogens (tertiary/aromatic N) is 1. The summed E-state index contributed by atoms with van der Waals surface area (Å²) in [6, 6.07) is 3.58. The van der Waals surface area contributed by atoms with Crippen molar-refractivity contribution >= 4 is 5.91 Å². The fraction of sp³-hybridized carbons (Fsp3) is 0.462. The van der Waals surface area contributed by atoms with Crippen LogP contribution in [-0.4, -0.2) is 36.6 Å². The van der Waals surface area contributed by atoms with E-state index in [4.69, 9.17) is 4.74 Å². The monoisotopic (exact) mass is 255 g/mol. The maximum atomic E-state index is 13.6. The van der Waals surface area contributed by atoms with Gasteiger partial charge in [-0.3, -0.25) is 4.79 Å². The first kappa shape index (κ1) is 13.0. The molecule has 0 spiro atoms. The Kier molecular flexibility index (Phi) is 3.91. The van der Waals surface area contributed by atoms with Gasteiger partial charge >= 0.3 is 0 Å². The first-order valence-electron chi connectivity index (χ1n) is 5.98. The van der Waals surface area contributed by atoms with E-state index in [1.807, 2.05) is 6.92 Å². The van der Waals surface area contributed by atoms with Gasteiger partial charge in [0.25, 0.3) is 5.91 Å². The van der Waals surface area contributed by atoms with E-state index in [-0.39, 0.29) is 11.6 Å². The molecule has 0 aromatic heterocycles. The van der Waals surface area contributed by atoms with Gasteiger partial charge in [0.05, 0.1) is 24.8 Å². The zero-order valence-electron chi connectivity index (χ0n) is 10.2. The molecule has 98 valence electrons. The standard InChI is InChI=1S/C13H15F2NO2/c1-2-9-8-18-7-6-16(9)13(17)10-4-3-5-11(14)12(10)15/h3-5,9H,2,6-8H2,1H3. The number of benzene rings is 1. The van der Waals surface area contributed by atoms with Crippen LogP contribution in [0, 0.1) is 11.6 Å². The van der Waals surface area contributed by atoms with Gasteiger partial charge in [-0.15, -0.1) is 0 Å². The highest BCUT2D eigenvalue weighted by atomic mass is 19.2. The molecule has 5 heteroatoms. The van der Waals surface area contributed by atoms with Crippen LogP contribution in [0.4, 0.5) is 8.78 Å². The fourth-order valence-electron chi connectivity index (χ4n) is 2.08. The first-order valence-corrected chi connectivity index (χ1v) is 5.98. The summed E-state index contributed by atoms with van der Waals surface area (Å²) in [6.45, 7) is 3.22. The lowest BCUT2D eigenvalue weighted by molar-refractivity contribution is -0.00307. The Morgan fingerprint density at radius 3 is 3.00 bits per heavy atom. The molecular formula is C13H15F2NO2. The molecule has 0 saturated carbocycles. The molecule has 3 nitrogen and oxygen atoms in total. The molecule has 0 aliphatic carbocycles. The van der Waals surface area contributed by atoms with Gasteiger partial charge in [-0.25, -0.2) is 8.78 Å². The van der Waals surface area contributed by atoms with Crippen molar-refractivity contribution < 1.29 is 18.3 Å². The highest BCUT2D eigenvalue weighted by molar-refractivity contribution is 5.94. The van der Waals surface area contributed by atoms with Crippen LogP contribution < -0.4 is 0 Å². The Morgan fingerprint density at radius 2 is 2.28 bits per heavy atom. The first-order chi connectivity index (χ1) is 8.65. The molecule has 1 aliphatic heterocycles. The van der Waals surface area contributed by atoms with Gasteiger partial charge in [-0.05, 0) is 18.6 Å². The van der Waals surface area contributed by atoms with E-state index in [1.54, 1.807) is 4.90 Å². The van der Waals surface area contributed by atoms with Crippen LogP contribution in [-0.2, 0) is 4.74 Å².